The number of nitrogens with zero attached hydrogens (tertiary/aromatic N) is 2. The molecule has 0 aromatic carbocycles. The highest BCUT2D eigenvalue weighted by Gasteiger charge is 2.53. The van der Waals surface area contributed by atoms with Crippen LogP contribution in [0.25, 0.3) is 10.4 Å². The summed E-state index contributed by atoms with van der Waals surface area (Å²) < 4.78 is 20.3. The second kappa shape index (κ2) is 9.71. The van der Waals surface area contributed by atoms with Crippen LogP contribution in [0.1, 0.15) is 41.8 Å². The molecule has 4 unspecified atom stereocenters. The third-order valence-corrected chi connectivity index (χ3v) is 8.46. The van der Waals surface area contributed by atoms with Crippen LogP contribution in [0, 0.1) is 11.7 Å². The number of Topliss-reactive ketones (excluding diaryl/α,β-unsaturated/α-hetero) is 1. The molecule has 2 aromatic heterocycles. The van der Waals surface area contributed by atoms with Gasteiger partial charge >= 0.3 is 0 Å². The van der Waals surface area contributed by atoms with Gasteiger partial charge in [0.25, 0.3) is 5.91 Å². The van der Waals surface area contributed by atoms with Gasteiger partial charge in [-0.3, -0.25) is 19.4 Å². The number of ketones is 1. The molecular formula is C24H25ClFN3O4S. The van der Waals surface area contributed by atoms with Gasteiger partial charge in [-0.05, 0) is 30.9 Å². The number of carbonyl (C=O) groups is 3. The number of fused-ring (bicyclic) bond motifs is 1. The van der Waals surface area contributed by atoms with Crippen LogP contribution in [0.2, 0.25) is 0 Å². The second-order valence-corrected chi connectivity index (χ2v) is 10.7. The molecule has 2 saturated heterocycles. The number of halogens is 2. The number of likely N-dealkylation sites (tertiary alicyclic amines) is 1. The van der Waals surface area contributed by atoms with Crippen LogP contribution < -0.4 is 5.32 Å². The first-order chi connectivity index (χ1) is 16.4. The maximum absolute atomic E-state index is 14.8. The Morgan fingerprint density at radius 2 is 2.09 bits per heavy atom. The van der Waals surface area contributed by atoms with Gasteiger partial charge in [-0.2, -0.15) is 0 Å². The van der Waals surface area contributed by atoms with Crippen molar-refractivity contribution in [1.29, 1.82) is 0 Å². The molecule has 5 rings (SSSR count). The normalized spacial score (nSPS) is 25.9. The van der Waals surface area contributed by atoms with E-state index in [1.165, 1.54) is 11.0 Å². The van der Waals surface area contributed by atoms with Crippen molar-refractivity contribution in [2.45, 2.75) is 55.7 Å². The van der Waals surface area contributed by atoms with Gasteiger partial charge in [0.2, 0.25) is 5.91 Å². The molecule has 0 radical (unpaired) electrons. The summed E-state index contributed by atoms with van der Waals surface area (Å²) >= 11 is 7.40. The number of rotatable bonds is 5. The van der Waals surface area contributed by atoms with E-state index in [1.54, 1.807) is 24.5 Å². The number of alkyl halides is 1. The molecule has 1 saturated carbocycles. The Labute approximate surface area is 205 Å². The number of thiophene rings is 1. The molecule has 2 aliphatic heterocycles. The van der Waals surface area contributed by atoms with E-state index < -0.39 is 35.3 Å². The molecular weight excluding hydrogens is 481 g/mol. The monoisotopic (exact) mass is 505 g/mol. The van der Waals surface area contributed by atoms with E-state index in [0.29, 0.717) is 10.4 Å². The third kappa shape index (κ3) is 4.36. The van der Waals surface area contributed by atoms with Crippen molar-refractivity contribution in [2.75, 3.05) is 13.2 Å². The van der Waals surface area contributed by atoms with Gasteiger partial charge in [0.15, 0.2) is 5.78 Å². The summed E-state index contributed by atoms with van der Waals surface area (Å²) in [7, 11) is 0. The minimum atomic E-state index is -0.854. The lowest BCUT2D eigenvalue weighted by atomic mass is 9.83. The summed E-state index contributed by atoms with van der Waals surface area (Å²) in [5.74, 6) is -1.88. The number of hydrogen-bond acceptors (Lipinski definition) is 6. The van der Waals surface area contributed by atoms with Crippen LogP contribution >= 0.6 is 22.9 Å². The van der Waals surface area contributed by atoms with Crippen molar-refractivity contribution < 1.29 is 23.5 Å². The van der Waals surface area contributed by atoms with E-state index in [-0.39, 0.29) is 35.6 Å². The first kappa shape index (κ1) is 23.4. The molecule has 4 atom stereocenters. The Hall–Kier alpha value is -2.36. The summed E-state index contributed by atoms with van der Waals surface area (Å²) in [5, 5.41) is 2.34. The first-order valence-electron chi connectivity index (χ1n) is 11.5. The quantitative estimate of drug-likeness (QED) is 0.629. The lowest BCUT2D eigenvalue weighted by molar-refractivity contribution is -0.139. The highest BCUT2D eigenvalue weighted by molar-refractivity contribution is 7.17. The highest BCUT2D eigenvalue weighted by Crippen LogP contribution is 2.35. The van der Waals surface area contributed by atoms with Gasteiger partial charge in [0.05, 0.1) is 5.38 Å². The maximum Gasteiger partial charge on any atom is 0.265 e. The van der Waals surface area contributed by atoms with Crippen LogP contribution in [0.5, 0.6) is 0 Å². The zero-order valence-corrected chi connectivity index (χ0v) is 20.0. The topological polar surface area (TPSA) is 88.6 Å². The Morgan fingerprint density at radius 1 is 1.29 bits per heavy atom. The number of amides is 2. The number of pyridine rings is 1. The molecule has 180 valence electrons. The van der Waals surface area contributed by atoms with Crippen molar-refractivity contribution >= 4 is 40.5 Å². The number of hydrogen-bond donors (Lipinski definition) is 1. The Bertz CT molecular complexity index is 1090. The fourth-order valence-corrected chi connectivity index (χ4v) is 6.52. The minimum Gasteiger partial charge on any atom is -0.366 e. The summed E-state index contributed by atoms with van der Waals surface area (Å²) in [5.41, 5.74) is 0.710. The Balaban J connectivity index is 1.40. The Morgan fingerprint density at radius 3 is 2.82 bits per heavy atom. The third-order valence-electron chi connectivity index (χ3n) is 6.92. The van der Waals surface area contributed by atoms with E-state index in [1.807, 2.05) is 0 Å². The zero-order chi connectivity index (χ0) is 23.8. The zero-order valence-electron chi connectivity index (χ0n) is 18.4. The predicted molar refractivity (Wildman–Crippen MR) is 125 cm³/mol. The van der Waals surface area contributed by atoms with Crippen LogP contribution in [0.3, 0.4) is 0 Å². The largest absolute Gasteiger partial charge is 0.366 e. The molecule has 1 aliphatic carbocycles. The minimum absolute atomic E-state index is 0.0691. The summed E-state index contributed by atoms with van der Waals surface area (Å²) in [6.45, 7) is 0.111. The van der Waals surface area contributed by atoms with Gasteiger partial charge in [-0.15, -0.1) is 22.9 Å². The standard InChI is InChI=1S/C24H25ClFN3O4S/c25-15-11-29(20-17(30)12-33-21(15)20)24(32)19(13-5-2-1-3-6-13)28-23(31)22-16(26)9-18(34-22)14-7-4-8-27-10-14/h4,7-10,13,15,19-21H,1-3,5-6,11-12H2,(H,28,31). The van der Waals surface area contributed by atoms with Crippen LogP contribution in [0.15, 0.2) is 30.6 Å². The second-order valence-electron chi connectivity index (χ2n) is 9.07. The summed E-state index contributed by atoms with van der Waals surface area (Å²) in [4.78, 5) is 45.3. The van der Waals surface area contributed by atoms with Crippen molar-refractivity contribution in [1.82, 2.24) is 15.2 Å². The first-order valence-corrected chi connectivity index (χ1v) is 12.8. The Kier molecular flexibility index (Phi) is 6.68. The SMILES string of the molecule is O=C(NC(C(=O)N1CC(Cl)C2OCC(=O)C21)C1CCCCC1)c1sc(-c2cccnc2)cc1F. The van der Waals surface area contributed by atoms with Crippen molar-refractivity contribution in [3.05, 3.63) is 41.3 Å². The molecule has 1 N–H and O–H groups in total. The van der Waals surface area contributed by atoms with Crippen LogP contribution in [0.4, 0.5) is 4.39 Å². The van der Waals surface area contributed by atoms with Gasteiger partial charge in [0, 0.05) is 29.4 Å². The predicted octanol–water partition coefficient (Wildman–Crippen LogP) is 3.41. The number of ether oxygens (including phenoxy) is 1. The number of nitrogens with one attached hydrogen (secondary N) is 1. The molecule has 2 aromatic rings. The maximum atomic E-state index is 14.8. The summed E-state index contributed by atoms with van der Waals surface area (Å²) in [6.07, 6.45) is 7.23. The molecule has 2 amide bonds. The lowest BCUT2D eigenvalue weighted by Crippen LogP contribution is -2.55. The van der Waals surface area contributed by atoms with Crippen molar-refractivity contribution in [3.63, 3.8) is 0 Å². The number of aromatic nitrogens is 1. The fourth-order valence-electron chi connectivity index (χ4n) is 5.23. The van der Waals surface area contributed by atoms with E-state index in [0.717, 1.165) is 43.4 Å². The van der Waals surface area contributed by atoms with Crippen molar-refractivity contribution in [2.24, 2.45) is 5.92 Å². The molecule has 0 bridgehead atoms. The fraction of sp³-hybridized carbons (Fsp3) is 0.500. The lowest BCUT2D eigenvalue weighted by Gasteiger charge is -2.34. The number of carbonyl (C=O) groups excluding carboxylic acids is 3. The average molecular weight is 506 g/mol. The van der Waals surface area contributed by atoms with Crippen LogP contribution in [-0.4, -0.2) is 64.2 Å². The molecule has 7 nitrogen and oxygen atoms in total. The van der Waals surface area contributed by atoms with Gasteiger partial charge in [-0.25, -0.2) is 4.39 Å². The van der Waals surface area contributed by atoms with Gasteiger partial charge in [-0.1, -0.05) is 25.3 Å². The van der Waals surface area contributed by atoms with E-state index in [2.05, 4.69) is 10.3 Å². The smallest absolute Gasteiger partial charge is 0.265 e. The highest BCUT2D eigenvalue weighted by atomic mass is 35.5. The summed E-state index contributed by atoms with van der Waals surface area (Å²) in [6, 6.07) is 3.26. The van der Waals surface area contributed by atoms with Crippen LogP contribution in [-0.2, 0) is 14.3 Å². The van der Waals surface area contributed by atoms with E-state index in [9.17, 15) is 18.8 Å². The molecule has 3 aliphatic rings. The van der Waals surface area contributed by atoms with E-state index >= 15 is 0 Å². The van der Waals surface area contributed by atoms with E-state index in [4.69, 9.17) is 16.3 Å². The van der Waals surface area contributed by atoms with Gasteiger partial charge in [0.1, 0.15) is 35.5 Å². The molecule has 34 heavy (non-hydrogen) atoms. The molecule has 3 fully saturated rings. The molecule has 4 heterocycles. The van der Waals surface area contributed by atoms with Crippen molar-refractivity contribution in [3.8, 4) is 10.4 Å². The molecule has 0 spiro atoms. The van der Waals surface area contributed by atoms with Gasteiger partial charge < -0.3 is 15.0 Å². The average Bonchev–Trinajstić information content (AvgIpc) is 3.53. The molecule has 10 heteroatoms.